The Morgan fingerprint density at radius 1 is 1.32 bits per heavy atom. The van der Waals surface area contributed by atoms with Crippen LogP contribution in [-0.2, 0) is 4.79 Å². The third-order valence-electron chi connectivity index (χ3n) is 4.94. The van der Waals surface area contributed by atoms with E-state index < -0.39 is 12.2 Å². The van der Waals surface area contributed by atoms with Gasteiger partial charge in [-0.15, -0.1) is 11.8 Å². The van der Waals surface area contributed by atoms with Crippen molar-refractivity contribution in [1.29, 1.82) is 0 Å². The monoisotopic (exact) mass is 346 g/mol. The van der Waals surface area contributed by atoms with Gasteiger partial charge in [0.15, 0.2) is 0 Å². The zero-order valence-electron chi connectivity index (χ0n) is 15.9. The fourth-order valence-corrected chi connectivity index (χ4v) is 3.30. The molecule has 0 radical (unpaired) electrons. The molecular formula is C22H34O3. The second kappa shape index (κ2) is 12.1. The number of carbonyl (C=O) groups is 1. The molecule has 0 heterocycles. The molecule has 1 fully saturated rings. The molecule has 140 valence electrons. The highest BCUT2D eigenvalue weighted by atomic mass is 16.3. The van der Waals surface area contributed by atoms with Gasteiger partial charge in [0, 0.05) is 31.1 Å². The number of ketones is 1. The number of allylic oxidation sites excluding steroid dienone is 2. The van der Waals surface area contributed by atoms with Crippen molar-refractivity contribution in [3.05, 3.63) is 24.3 Å². The summed E-state index contributed by atoms with van der Waals surface area (Å²) >= 11 is 0. The Kier molecular flexibility index (Phi) is 10.5. The van der Waals surface area contributed by atoms with Crippen LogP contribution < -0.4 is 0 Å². The smallest absolute Gasteiger partial charge is 0.139 e. The molecule has 0 spiro atoms. The lowest BCUT2D eigenvalue weighted by atomic mass is 9.88. The summed E-state index contributed by atoms with van der Waals surface area (Å²) in [4.78, 5) is 12.2. The van der Waals surface area contributed by atoms with Crippen LogP contribution in [0.3, 0.4) is 0 Å². The molecule has 0 aliphatic heterocycles. The zero-order chi connectivity index (χ0) is 18.7. The second-order valence-corrected chi connectivity index (χ2v) is 7.04. The van der Waals surface area contributed by atoms with Crippen molar-refractivity contribution in [2.24, 2.45) is 17.8 Å². The molecule has 3 heteroatoms. The molecule has 0 aromatic heterocycles. The normalized spacial score (nSPS) is 26.1. The molecule has 5 atom stereocenters. The van der Waals surface area contributed by atoms with E-state index in [1.54, 1.807) is 6.08 Å². The molecule has 1 rings (SSSR count). The Morgan fingerprint density at radius 3 is 2.76 bits per heavy atom. The quantitative estimate of drug-likeness (QED) is 0.376. The van der Waals surface area contributed by atoms with E-state index >= 15 is 0 Å². The van der Waals surface area contributed by atoms with Crippen LogP contribution >= 0.6 is 0 Å². The summed E-state index contributed by atoms with van der Waals surface area (Å²) in [5.74, 6) is 6.00. The highest BCUT2D eigenvalue weighted by Crippen LogP contribution is 2.34. The van der Waals surface area contributed by atoms with Crippen molar-refractivity contribution in [3.63, 3.8) is 0 Å². The van der Waals surface area contributed by atoms with E-state index in [0.717, 1.165) is 32.1 Å². The van der Waals surface area contributed by atoms with E-state index in [2.05, 4.69) is 17.9 Å². The number of hydrogen-bond donors (Lipinski definition) is 2. The largest absolute Gasteiger partial charge is 0.392 e. The summed E-state index contributed by atoms with van der Waals surface area (Å²) in [7, 11) is 0. The fourth-order valence-electron chi connectivity index (χ4n) is 3.30. The van der Waals surface area contributed by atoms with Gasteiger partial charge in [0.25, 0.3) is 0 Å². The number of aliphatic hydroxyl groups is 2. The third-order valence-corrected chi connectivity index (χ3v) is 4.94. The van der Waals surface area contributed by atoms with E-state index in [0.29, 0.717) is 6.42 Å². The van der Waals surface area contributed by atoms with E-state index in [-0.39, 0.29) is 30.0 Å². The topological polar surface area (TPSA) is 57.5 Å². The first-order chi connectivity index (χ1) is 12.0. The Balaban J connectivity index is 2.57. The Bertz CT molecular complexity index is 509. The fraction of sp³-hybridized carbons (Fsp3) is 0.682. The van der Waals surface area contributed by atoms with Gasteiger partial charge in [-0.1, -0.05) is 44.6 Å². The standard InChI is InChI=1S/C22H34O3/c1-4-6-8-9-11-13-18-19(22(25)16-21(18)24)14-15-20(23)17(3)12-10-7-5-2/h4,6,14-15,17-20,22-23,25H,5,8-9,11-13,16H2,1-3H3/b6-4+,15-14+/t17-,18+,19+,20+,22+/m0/s1. The minimum Gasteiger partial charge on any atom is -0.392 e. The van der Waals surface area contributed by atoms with Crippen LogP contribution in [0.4, 0.5) is 0 Å². The average molecular weight is 347 g/mol. The lowest BCUT2D eigenvalue weighted by molar-refractivity contribution is -0.121. The van der Waals surface area contributed by atoms with Gasteiger partial charge in [-0.05, 0) is 32.1 Å². The molecule has 0 bridgehead atoms. The van der Waals surface area contributed by atoms with Gasteiger partial charge in [0.2, 0.25) is 0 Å². The zero-order valence-corrected chi connectivity index (χ0v) is 15.9. The van der Waals surface area contributed by atoms with Gasteiger partial charge >= 0.3 is 0 Å². The molecule has 0 unspecified atom stereocenters. The van der Waals surface area contributed by atoms with Crippen molar-refractivity contribution in [2.75, 3.05) is 0 Å². The van der Waals surface area contributed by atoms with E-state index in [1.165, 1.54) is 0 Å². The van der Waals surface area contributed by atoms with E-state index in [4.69, 9.17) is 0 Å². The molecule has 0 aromatic carbocycles. The molecule has 25 heavy (non-hydrogen) atoms. The molecular weight excluding hydrogens is 312 g/mol. The maximum atomic E-state index is 12.2. The van der Waals surface area contributed by atoms with Crippen molar-refractivity contribution in [2.45, 2.75) is 77.9 Å². The summed E-state index contributed by atoms with van der Waals surface area (Å²) in [5, 5.41) is 20.5. The molecule has 1 aliphatic rings. The van der Waals surface area contributed by atoms with Crippen LogP contribution in [0, 0.1) is 29.6 Å². The lowest BCUT2D eigenvalue weighted by Crippen LogP contribution is -2.20. The van der Waals surface area contributed by atoms with Gasteiger partial charge in [-0.25, -0.2) is 0 Å². The number of Topliss-reactive ketones (excluding diaryl/α,β-unsaturated/α-hetero) is 1. The summed E-state index contributed by atoms with van der Waals surface area (Å²) in [5.41, 5.74) is 0. The second-order valence-electron chi connectivity index (χ2n) is 7.04. The maximum absolute atomic E-state index is 12.2. The number of aliphatic hydroxyl groups excluding tert-OH is 2. The van der Waals surface area contributed by atoms with E-state index in [1.807, 2.05) is 32.9 Å². The first-order valence-electron chi connectivity index (χ1n) is 9.65. The van der Waals surface area contributed by atoms with Crippen LogP contribution in [0.2, 0.25) is 0 Å². The first kappa shape index (κ1) is 21.7. The highest BCUT2D eigenvalue weighted by molar-refractivity contribution is 5.84. The van der Waals surface area contributed by atoms with Gasteiger partial charge < -0.3 is 10.2 Å². The van der Waals surface area contributed by atoms with Crippen LogP contribution in [0.25, 0.3) is 0 Å². The van der Waals surface area contributed by atoms with Crippen molar-refractivity contribution in [3.8, 4) is 11.8 Å². The summed E-state index contributed by atoms with van der Waals surface area (Å²) < 4.78 is 0. The van der Waals surface area contributed by atoms with Crippen LogP contribution in [-0.4, -0.2) is 28.2 Å². The number of rotatable bonds is 9. The first-order valence-corrected chi connectivity index (χ1v) is 9.65. The van der Waals surface area contributed by atoms with Crippen molar-refractivity contribution < 1.29 is 15.0 Å². The molecule has 3 nitrogen and oxygen atoms in total. The summed E-state index contributed by atoms with van der Waals surface area (Å²) in [6.07, 6.45) is 12.2. The highest BCUT2D eigenvalue weighted by Gasteiger charge is 2.39. The average Bonchev–Trinajstić information content (AvgIpc) is 2.85. The molecule has 0 saturated heterocycles. The summed E-state index contributed by atoms with van der Waals surface area (Å²) in [6, 6.07) is 0. The Morgan fingerprint density at radius 2 is 2.08 bits per heavy atom. The van der Waals surface area contributed by atoms with E-state index in [9.17, 15) is 15.0 Å². The van der Waals surface area contributed by atoms with Gasteiger partial charge in [0.05, 0.1) is 12.2 Å². The van der Waals surface area contributed by atoms with Gasteiger partial charge in [-0.3, -0.25) is 4.79 Å². The maximum Gasteiger partial charge on any atom is 0.139 e. The summed E-state index contributed by atoms with van der Waals surface area (Å²) in [6.45, 7) is 5.98. The predicted octanol–water partition coefficient (Wildman–Crippen LogP) is 4.05. The SMILES string of the molecule is C/C=C/CCCC[C@H]1C(=O)C[C@@H](O)[C@@H]1/C=C/[C@@H](O)[C@@H](C)CC#CCC. The third kappa shape index (κ3) is 7.59. The predicted molar refractivity (Wildman–Crippen MR) is 103 cm³/mol. The number of unbranched alkanes of at least 4 members (excludes halogenated alkanes) is 2. The lowest BCUT2D eigenvalue weighted by Gasteiger charge is -2.19. The molecule has 0 aromatic rings. The van der Waals surface area contributed by atoms with Crippen molar-refractivity contribution >= 4 is 5.78 Å². The minimum absolute atomic E-state index is 0.0452. The molecule has 0 amide bonds. The number of hydrogen-bond acceptors (Lipinski definition) is 3. The molecule has 1 aliphatic carbocycles. The van der Waals surface area contributed by atoms with Gasteiger partial charge in [0.1, 0.15) is 5.78 Å². The Labute approximate surface area is 153 Å². The van der Waals surface area contributed by atoms with Crippen molar-refractivity contribution in [1.82, 2.24) is 0 Å². The van der Waals surface area contributed by atoms with Gasteiger partial charge in [-0.2, -0.15) is 0 Å². The Hall–Kier alpha value is -1.37. The molecule has 1 saturated carbocycles. The van der Waals surface area contributed by atoms with Crippen LogP contribution in [0.15, 0.2) is 24.3 Å². The minimum atomic E-state index is -0.619. The molecule has 2 N–H and O–H groups in total. The number of carbonyl (C=O) groups excluding carboxylic acids is 1. The van der Waals surface area contributed by atoms with Crippen LogP contribution in [0.5, 0.6) is 0 Å². The van der Waals surface area contributed by atoms with Crippen LogP contribution in [0.1, 0.15) is 65.7 Å².